The Morgan fingerprint density at radius 3 is 2.06 bits per heavy atom. The summed E-state index contributed by atoms with van der Waals surface area (Å²) >= 11 is 0. The number of hydrogen-bond donors (Lipinski definition) is 0. The number of esters is 1. The summed E-state index contributed by atoms with van der Waals surface area (Å²) in [6, 6.07) is 22.8. The minimum atomic E-state index is -6.09. The van der Waals surface area contributed by atoms with Gasteiger partial charge in [-0.15, -0.1) is 5.10 Å². The number of fused-ring (bicyclic) bond motifs is 1. The van der Waals surface area contributed by atoms with E-state index in [2.05, 4.69) is 10.3 Å². The third kappa shape index (κ3) is 6.81. The van der Waals surface area contributed by atoms with Gasteiger partial charge in [0.1, 0.15) is 15.8 Å². The number of hydrogen-bond acceptors (Lipinski definition) is 10. The van der Waals surface area contributed by atoms with Crippen LogP contribution in [-0.4, -0.2) is 74.8 Å². The molecule has 0 aliphatic carbocycles. The van der Waals surface area contributed by atoms with Gasteiger partial charge in [0.05, 0.1) is 19.2 Å². The van der Waals surface area contributed by atoms with Gasteiger partial charge in [-0.25, -0.2) is 21.6 Å². The summed E-state index contributed by atoms with van der Waals surface area (Å²) in [6.45, 7) is 1.77. The first-order valence-corrected chi connectivity index (χ1v) is 17.2. The van der Waals surface area contributed by atoms with Crippen molar-refractivity contribution in [1.82, 2.24) is 19.9 Å². The number of carbonyl (C=O) groups excluding carboxylic acids is 2. The second kappa shape index (κ2) is 13.1. The van der Waals surface area contributed by atoms with E-state index in [1.807, 2.05) is 95.8 Å². The molecule has 2 aromatic heterocycles. The van der Waals surface area contributed by atoms with Gasteiger partial charge >= 0.3 is 11.5 Å². The number of benzene rings is 2. The van der Waals surface area contributed by atoms with Crippen molar-refractivity contribution in [2.45, 2.75) is 54.2 Å². The number of sulfone groups is 1. The summed E-state index contributed by atoms with van der Waals surface area (Å²) in [5, 5.41) is 7.29. The van der Waals surface area contributed by atoms with Gasteiger partial charge in [-0.05, 0) is 18.1 Å². The molecule has 2 aliphatic rings. The summed E-state index contributed by atoms with van der Waals surface area (Å²) in [4.78, 5) is 27.8. The number of rotatable bonds is 8. The number of pyridine rings is 1. The Hall–Kier alpha value is -4.68. The van der Waals surface area contributed by atoms with Gasteiger partial charge < -0.3 is 14.2 Å². The topological polar surface area (TPSA) is 173 Å². The largest absolute Gasteiger partial charge is 0.741 e. The highest BCUT2D eigenvalue weighted by atomic mass is 32.2. The van der Waals surface area contributed by atoms with E-state index in [0.717, 1.165) is 11.1 Å². The highest BCUT2D eigenvalue weighted by molar-refractivity contribution is 7.93. The van der Waals surface area contributed by atoms with Crippen molar-refractivity contribution in [2.75, 3.05) is 0 Å². The van der Waals surface area contributed by atoms with Crippen LogP contribution in [0.5, 0.6) is 0 Å². The van der Waals surface area contributed by atoms with Gasteiger partial charge in [-0.1, -0.05) is 71.9 Å². The van der Waals surface area contributed by atoms with Crippen molar-refractivity contribution >= 4 is 31.8 Å². The average molecular weight is 708 g/mol. The Morgan fingerprint density at radius 2 is 1.56 bits per heavy atom. The molecule has 13 nitrogen and oxygen atoms in total. The number of aromatic nitrogens is 4. The maximum atomic E-state index is 13.9. The van der Waals surface area contributed by atoms with Gasteiger partial charge in [-0.3, -0.25) is 9.48 Å². The van der Waals surface area contributed by atoms with Crippen LogP contribution in [0.3, 0.4) is 0 Å². The van der Waals surface area contributed by atoms with Crippen LogP contribution in [-0.2, 0) is 47.4 Å². The normalized spacial score (nSPS) is 21.5. The fourth-order valence-corrected chi connectivity index (χ4v) is 7.93. The first-order chi connectivity index (χ1) is 22.5. The van der Waals surface area contributed by atoms with Crippen molar-refractivity contribution in [3.05, 3.63) is 114 Å². The third-order valence-electron chi connectivity index (χ3n) is 7.94. The molecule has 0 radical (unpaired) electrons. The lowest BCUT2D eigenvalue weighted by atomic mass is 9.95. The van der Waals surface area contributed by atoms with Gasteiger partial charge in [-0.2, -0.15) is 17.7 Å². The number of β-lactam (4-membered cyclic amide) rings is 1. The number of ether oxygens (including phenoxy) is 1. The van der Waals surface area contributed by atoms with Crippen LogP contribution in [0.15, 0.2) is 97.5 Å². The number of amides is 1. The summed E-state index contributed by atoms with van der Waals surface area (Å²) in [6.07, 6.45) is 4.51. The van der Waals surface area contributed by atoms with Crippen LogP contribution in [0.1, 0.15) is 36.3 Å². The standard InChI is InChI=1S/C29H28N5O5S.CHF3O3S/c1-29(20-33-19-23(30-31-33)18-32-15-9-4-10-16-32)27(34-24(35)17-25(34)40(29,37)38)28(36)39-26(21-11-5-2-6-12-21)22-13-7-3-8-14-22;2-1(3,4)8(5,6)7/h2-16,19,25-27H,17-18,20H2,1H3;(H,5,6,7)/q+1;/p-1/t25-,27+,29+;/m1./s1. The molecule has 1 amide bonds. The average Bonchev–Trinajstić information content (AvgIpc) is 3.52. The Morgan fingerprint density at radius 1 is 1.04 bits per heavy atom. The zero-order chi connectivity index (χ0) is 34.9. The molecule has 0 N–H and O–H groups in total. The van der Waals surface area contributed by atoms with Crippen LogP contribution < -0.4 is 4.57 Å². The Balaban J connectivity index is 0.000000503. The fourth-order valence-electron chi connectivity index (χ4n) is 5.57. The van der Waals surface area contributed by atoms with E-state index in [1.54, 1.807) is 6.20 Å². The van der Waals surface area contributed by atoms with Crippen molar-refractivity contribution in [3.63, 3.8) is 0 Å². The minimum Gasteiger partial charge on any atom is -0.741 e. The van der Waals surface area contributed by atoms with Crippen LogP contribution in [0, 0.1) is 0 Å². The zero-order valence-electron chi connectivity index (χ0n) is 25.0. The fraction of sp³-hybridized carbons (Fsp3) is 0.300. The number of carbonyl (C=O) groups is 2. The molecule has 0 spiro atoms. The molecule has 4 aromatic rings. The molecule has 2 saturated heterocycles. The van der Waals surface area contributed by atoms with Crippen molar-refractivity contribution in [3.8, 4) is 0 Å². The predicted molar refractivity (Wildman–Crippen MR) is 159 cm³/mol. The lowest BCUT2D eigenvalue weighted by Crippen LogP contribution is -2.58. The molecular weight excluding hydrogens is 679 g/mol. The van der Waals surface area contributed by atoms with Crippen molar-refractivity contribution < 1.29 is 53.5 Å². The Kier molecular flexibility index (Phi) is 9.44. The van der Waals surface area contributed by atoms with Gasteiger partial charge in [0.15, 0.2) is 51.0 Å². The van der Waals surface area contributed by atoms with Crippen molar-refractivity contribution in [2.24, 2.45) is 0 Å². The number of nitrogens with zero attached hydrogens (tertiary/aromatic N) is 5. The zero-order valence-corrected chi connectivity index (χ0v) is 26.7. The lowest BCUT2D eigenvalue weighted by Gasteiger charge is -2.37. The van der Waals surface area contributed by atoms with Crippen LogP contribution >= 0.6 is 0 Å². The molecule has 4 heterocycles. The molecule has 48 heavy (non-hydrogen) atoms. The molecule has 0 saturated carbocycles. The second-order valence-corrected chi connectivity index (χ2v) is 15.2. The van der Waals surface area contributed by atoms with Gasteiger partial charge in [0, 0.05) is 12.1 Å². The van der Waals surface area contributed by atoms with Gasteiger partial charge in [0.2, 0.25) is 5.91 Å². The molecule has 2 aromatic carbocycles. The van der Waals surface area contributed by atoms with Crippen LogP contribution in [0.4, 0.5) is 13.2 Å². The molecule has 254 valence electrons. The van der Waals surface area contributed by atoms with Crippen LogP contribution in [0.2, 0.25) is 0 Å². The lowest BCUT2D eigenvalue weighted by molar-refractivity contribution is -0.688. The van der Waals surface area contributed by atoms with Gasteiger partial charge in [0.25, 0.3) is 0 Å². The smallest absolute Gasteiger partial charge is 0.485 e. The third-order valence-corrected chi connectivity index (χ3v) is 11.3. The van der Waals surface area contributed by atoms with E-state index in [0.29, 0.717) is 12.2 Å². The van der Waals surface area contributed by atoms with E-state index in [4.69, 9.17) is 17.7 Å². The SMILES string of the molecule is C[C@]1(Cn2cc(C[n+]3ccccc3)nn2)[C@H](C(=O)OC(c2ccccc2)c2ccccc2)N2C(=O)C[C@H]2S1(=O)=O.O=S(=O)([O-])C(F)(F)F. The summed E-state index contributed by atoms with van der Waals surface area (Å²) in [5.74, 6) is -1.17. The minimum absolute atomic E-state index is 0.157. The Bertz CT molecular complexity index is 1960. The molecule has 6 rings (SSSR count). The molecule has 0 unspecified atom stereocenters. The number of alkyl halides is 3. The van der Waals surface area contributed by atoms with E-state index in [-0.39, 0.29) is 13.0 Å². The van der Waals surface area contributed by atoms with E-state index in [9.17, 15) is 31.2 Å². The highest BCUT2D eigenvalue weighted by Gasteiger charge is 2.70. The molecule has 3 atom stereocenters. The molecule has 18 heteroatoms. The quantitative estimate of drug-likeness (QED) is 0.0868. The van der Waals surface area contributed by atoms with Crippen LogP contribution in [0.25, 0.3) is 0 Å². The second-order valence-electron chi connectivity index (χ2n) is 11.2. The maximum Gasteiger partial charge on any atom is 0.485 e. The van der Waals surface area contributed by atoms with E-state index < -0.39 is 59.6 Å². The first kappa shape index (κ1) is 34.6. The monoisotopic (exact) mass is 707 g/mol. The molecule has 2 fully saturated rings. The molecule has 0 bridgehead atoms. The first-order valence-electron chi connectivity index (χ1n) is 14.2. The molecule has 2 aliphatic heterocycles. The van der Waals surface area contributed by atoms with Crippen molar-refractivity contribution in [1.29, 1.82) is 0 Å². The Labute approximate surface area is 273 Å². The summed E-state index contributed by atoms with van der Waals surface area (Å²) < 4.78 is 94.2. The highest BCUT2D eigenvalue weighted by Crippen LogP contribution is 2.47. The summed E-state index contributed by atoms with van der Waals surface area (Å²) in [7, 11) is -10.0. The van der Waals surface area contributed by atoms with E-state index >= 15 is 0 Å². The van der Waals surface area contributed by atoms with E-state index in [1.165, 1.54) is 16.5 Å². The summed E-state index contributed by atoms with van der Waals surface area (Å²) in [5.41, 5.74) is -3.56. The molecular formula is C30H28F3N5O8S2. The maximum absolute atomic E-state index is 13.9. The predicted octanol–water partition coefficient (Wildman–Crippen LogP) is 2.11. The number of halogens is 3.